The normalized spacial score (nSPS) is 10.2. The Morgan fingerprint density at radius 2 is 1.39 bits per heavy atom. The number of hydrogen-bond donors (Lipinski definition) is 0. The first-order chi connectivity index (χ1) is 8.91. The van der Waals surface area contributed by atoms with Gasteiger partial charge in [0.05, 0.1) is 19.1 Å². The van der Waals surface area contributed by atoms with Crippen molar-refractivity contribution in [1.82, 2.24) is 0 Å². The van der Waals surface area contributed by atoms with Gasteiger partial charge in [-0.15, -0.1) is 6.58 Å². The number of allylic oxidation sites excluding steroid dienone is 1. The largest absolute Gasteiger partial charge is 0.380 e. The van der Waals surface area contributed by atoms with Crippen LogP contribution < -0.4 is 0 Å². The second-order valence-corrected chi connectivity index (χ2v) is 4.78. The molecule has 0 unspecified atom stereocenters. The maximum absolute atomic E-state index is 8.32. The van der Waals surface area contributed by atoms with Crippen molar-refractivity contribution in [3.63, 3.8) is 0 Å². The predicted octanol–water partition coefficient (Wildman–Crippen LogP) is 5.00. The molecule has 0 amide bonds. The third-order valence-electron chi connectivity index (χ3n) is 3.06. The van der Waals surface area contributed by atoms with Gasteiger partial charge < -0.3 is 4.74 Å². The first kappa shape index (κ1) is 17.2. The lowest BCUT2D eigenvalue weighted by Crippen LogP contribution is -1.95. The molecule has 0 fully saturated rings. The predicted molar refractivity (Wildman–Crippen MR) is 77.4 cm³/mol. The van der Waals surface area contributed by atoms with Crippen molar-refractivity contribution in [2.24, 2.45) is 0 Å². The van der Waals surface area contributed by atoms with Crippen LogP contribution >= 0.6 is 0 Å². The highest BCUT2D eigenvalue weighted by atomic mass is 16.5. The second kappa shape index (κ2) is 16.2. The van der Waals surface area contributed by atoms with Crippen LogP contribution in [0.4, 0.5) is 0 Å². The molecule has 0 bridgehead atoms. The average Bonchev–Trinajstić information content (AvgIpc) is 2.39. The Bertz CT molecular complexity index is 208. The average molecular weight is 251 g/mol. The summed E-state index contributed by atoms with van der Waals surface area (Å²) in [5.41, 5.74) is 0. The van der Waals surface area contributed by atoms with Crippen molar-refractivity contribution in [3.8, 4) is 6.07 Å². The molecule has 2 heteroatoms. The van der Waals surface area contributed by atoms with E-state index in [1.165, 1.54) is 57.8 Å². The summed E-state index contributed by atoms with van der Waals surface area (Å²) in [6, 6.07) is 2.08. The van der Waals surface area contributed by atoms with Crippen molar-refractivity contribution >= 4 is 0 Å². The Morgan fingerprint density at radius 1 is 0.833 bits per heavy atom. The molecular formula is C16H29NO. The molecule has 0 saturated heterocycles. The third-order valence-corrected chi connectivity index (χ3v) is 3.06. The molecule has 2 nitrogen and oxygen atoms in total. The highest BCUT2D eigenvalue weighted by Crippen LogP contribution is 2.10. The van der Waals surface area contributed by atoms with Crippen LogP contribution in [-0.4, -0.2) is 13.2 Å². The minimum Gasteiger partial charge on any atom is -0.380 e. The Morgan fingerprint density at radius 3 is 1.94 bits per heavy atom. The highest BCUT2D eigenvalue weighted by Gasteiger charge is 1.93. The monoisotopic (exact) mass is 251 g/mol. The van der Waals surface area contributed by atoms with Gasteiger partial charge >= 0.3 is 0 Å². The second-order valence-electron chi connectivity index (χ2n) is 4.78. The van der Waals surface area contributed by atoms with E-state index in [9.17, 15) is 0 Å². The lowest BCUT2D eigenvalue weighted by Gasteiger charge is -2.03. The number of nitriles is 1. The van der Waals surface area contributed by atoms with Crippen LogP contribution in [0.15, 0.2) is 12.7 Å². The molecule has 18 heavy (non-hydrogen) atoms. The van der Waals surface area contributed by atoms with Gasteiger partial charge in [0, 0.05) is 6.61 Å². The van der Waals surface area contributed by atoms with Crippen LogP contribution in [0, 0.1) is 11.3 Å². The van der Waals surface area contributed by atoms with Gasteiger partial charge in [0.1, 0.15) is 0 Å². The molecule has 0 N–H and O–H groups in total. The molecule has 0 aromatic heterocycles. The Hall–Kier alpha value is -0.810. The van der Waals surface area contributed by atoms with E-state index in [4.69, 9.17) is 10.00 Å². The van der Waals surface area contributed by atoms with Gasteiger partial charge in [-0.25, -0.2) is 0 Å². The fourth-order valence-corrected chi connectivity index (χ4v) is 1.95. The summed E-state index contributed by atoms with van der Waals surface area (Å²) in [5.74, 6) is 0. The van der Waals surface area contributed by atoms with Gasteiger partial charge in [-0.05, 0) is 19.3 Å². The van der Waals surface area contributed by atoms with E-state index < -0.39 is 0 Å². The molecule has 0 saturated carbocycles. The highest BCUT2D eigenvalue weighted by molar-refractivity contribution is 4.67. The fourth-order valence-electron chi connectivity index (χ4n) is 1.95. The summed E-state index contributed by atoms with van der Waals surface area (Å²) < 4.78 is 5.33. The van der Waals surface area contributed by atoms with Crippen LogP contribution in [0.1, 0.15) is 70.6 Å². The summed E-state index contributed by atoms with van der Waals surface area (Å²) >= 11 is 0. The fraction of sp³-hybridized carbons (Fsp3) is 0.812. The van der Waals surface area contributed by atoms with Crippen LogP contribution in [0.3, 0.4) is 0 Å². The van der Waals surface area contributed by atoms with E-state index in [1.54, 1.807) is 0 Å². The molecule has 0 aliphatic rings. The molecule has 104 valence electrons. The van der Waals surface area contributed by atoms with E-state index in [-0.39, 0.29) is 0 Å². The van der Waals surface area contributed by atoms with Crippen LogP contribution in [0.25, 0.3) is 0 Å². The van der Waals surface area contributed by atoms with Crippen LogP contribution in [0.5, 0.6) is 0 Å². The Balaban J connectivity index is 2.90. The topological polar surface area (TPSA) is 33.0 Å². The van der Waals surface area contributed by atoms with E-state index >= 15 is 0 Å². The lowest BCUT2D eigenvalue weighted by molar-refractivity contribution is 0.135. The number of hydrogen-bond acceptors (Lipinski definition) is 2. The van der Waals surface area contributed by atoms with Gasteiger partial charge in [0.25, 0.3) is 0 Å². The molecular weight excluding hydrogens is 222 g/mol. The summed E-state index contributed by atoms with van der Waals surface area (Å²) in [6.07, 6.45) is 15.6. The van der Waals surface area contributed by atoms with Gasteiger partial charge in [0.2, 0.25) is 0 Å². The molecule has 0 rings (SSSR count). The van der Waals surface area contributed by atoms with Crippen molar-refractivity contribution in [2.75, 3.05) is 13.2 Å². The van der Waals surface area contributed by atoms with E-state index in [0.717, 1.165) is 13.0 Å². The number of ether oxygens (including phenoxy) is 1. The SMILES string of the molecule is C=CCCCCCCCCCCCOCCC#N. The number of unbranched alkanes of at least 4 members (excludes halogenated alkanes) is 9. The minimum atomic E-state index is 0.520. The third kappa shape index (κ3) is 15.2. The molecule has 0 atom stereocenters. The van der Waals surface area contributed by atoms with Crippen molar-refractivity contribution < 1.29 is 4.74 Å². The maximum Gasteiger partial charge on any atom is 0.0645 e. The molecule has 0 radical (unpaired) electrons. The zero-order valence-electron chi connectivity index (χ0n) is 11.8. The summed E-state index contributed by atoms with van der Waals surface area (Å²) in [4.78, 5) is 0. The van der Waals surface area contributed by atoms with Crippen LogP contribution in [0.2, 0.25) is 0 Å². The van der Waals surface area contributed by atoms with Crippen molar-refractivity contribution in [2.45, 2.75) is 70.6 Å². The Labute approximate surface area is 113 Å². The summed E-state index contributed by atoms with van der Waals surface area (Å²) in [6.45, 7) is 5.15. The van der Waals surface area contributed by atoms with E-state index in [2.05, 4.69) is 12.6 Å². The quantitative estimate of drug-likeness (QED) is 0.321. The van der Waals surface area contributed by atoms with Gasteiger partial charge in [-0.2, -0.15) is 5.26 Å². The molecule has 0 heterocycles. The number of nitrogens with zero attached hydrogens (tertiary/aromatic N) is 1. The molecule has 0 aromatic rings. The molecule has 0 aliphatic heterocycles. The van der Waals surface area contributed by atoms with Gasteiger partial charge in [-0.3, -0.25) is 0 Å². The van der Waals surface area contributed by atoms with Crippen molar-refractivity contribution in [1.29, 1.82) is 5.26 Å². The first-order valence-corrected chi connectivity index (χ1v) is 7.47. The van der Waals surface area contributed by atoms with Gasteiger partial charge in [-0.1, -0.05) is 51.0 Å². The molecule has 0 aliphatic carbocycles. The summed E-state index contributed by atoms with van der Waals surface area (Å²) in [5, 5.41) is 8.32. The zero-order valence-corrected chi connectivity index (χ0v) is 11.8. The maximum atomic E-state index is 8.32. The number of rotatable bonds is 14. The Kier molecular flexibility index (Phi) is 15.5. The zero-order chi connectivity index (χ0) is 13.3. The molecule has 0 spiro atoms. The lowest BCUT2D eigenvalue weighted by atomic mass is 10.1. The first-order valence-electron chi connectivity index (χ1n) is 7.47. The van der Waals surface area contributed by atoms with Crippen LogP contribution in [-0.2, 0) is 4.74 Å². The van der Waals surface area contributed by atoms with Crippen molar-refractivity contribution in [3.05, 3.63) is 12.7 Å². The van der Waals surface area contributed by atoms with E-state index in [1.807, 2.05) is 6.08 Å². The summed E-state index contributed by atoms with van der Waals surface area (Å²) in [7, 11) is 0. The standard InChI is InChI=1S/C16H29NO/c1-2-3-4-5-6-7-8-9-10-11-12-15-18-16-13-14-17/h2H,1,3-13,15-16H2. The van der Waals surface area contributed by atoms with E-state index in [0.29, 0.717) is 13.0 Å². The smallest absolute Gasteiger partial charge is 0.0645 e. The minimum absolute atomic E-state index is 0.520. The van der Waals surface area contributed by atoms with Gasteiger partial charge in [0.15, 0.2) is 0 Å². The molecule has 0 aromatic carbocycles.